The summed E-state index contributed by atoms with van der Waals surface area (Å²) in [6, 6.07) is 15.7. The number of aliphatic carboxylic acids is 1. The van der Waals surface area contributed by atoms with Crippen LogP contribution in [0.15, 0.2) is 54.6 Å². The normalized spacial score (nSPS) is 18.7. The first kappa shape index (κ1) is 19.7. The van der Waals surface area contributed by atoms with Crippen molar-refractivity contribution in [2.45, 2.75) is 31.8 Å². The maximum absolute atomic E-state index is 12.4. The molecule has 1 heterocycles. The number of ether oxygens (including phenoxy) is 3. The van der Waals surface area contributed by atoms with E-state index in [4.69, 9.17) is 14.2 Å². The first-order valence-corrected chi connectivity index (χ1v) is 9.01. The SMILES string of the molecule is COc1ccc(CO[C@@H]2C[C@@H](C(=O)O)N(C(=O)OCc3ccccc3)C2)cc1. The molecule has 3 rings (SSSR count). The van der Waals surface area contributed by atoms with Crippen LogP contribution in [0.1, 0.15) is 17.5 Å². The third-order valence-electron chi connectivity index (χ3n) is 4.63. The van der Waals surface area contributed by atoms with Gasteiger partial charge in [-0.05, 0) is 23.3 Å². The number of carboxylic acids is 1. The Kier molecular flexibility index (Phi) is 6.49. The second kappa shape index (κ2) is 9.23. The fraction of sp³-hybridized carbons (Fsp3) is 0.333. The lowest BCUT2D eigenvalue weighted by atomic mass is 10.2. The van der Waals surface area contributed by atoms with E-state index in [2.05, 4.69) is 0 Å². The number of amides is 1. The van der Waals surface area contributed by atoms with Crippen molar-refractivity contribution in [1.82, 2.24) is 4.90 Å². The van der Waals surface area contributed by atoms with Gasteiger partial charge >= 0.3 is 12.1 Å². The molecule has 28 heavy (non-hydrogen) atoms. The Bertz CT molecular complexity index is 792. The molecule has 0 radical (unpaired) electrons. The minimum Gasteiger partial charge on any atom is -0.497 e. The van der Waals surface area contributed by atoms with Gasteiger partial charge in [-0.25, -0.2) is 9.59 Å². The van der Waals surface area contributed by atoms with E-state index >= 15 is 0 Å². The quantitative estimate of drug-likeness (QED) is 0.788. The minimum atomic E-state index is -1.06. The molecular weight excluding hydrogens is 362 g/mol. The molecule has 1 aliphatic heterocycles. The monoisotopic (exact) mass is 385 g/mol. The molecule has 1 amide bonds. The summed E-state index contributed by atoms with van der Waals surface area (Å²) in [6.45, 7) is 0.606. The maximum atomic E-state index is 12.4. The summed E-state index contributed by atoms with van der Waals surface area (Å²) < 4.78 is 16.2. The Morgan fingerprint density at radius 3 is 2.36 bits per heavy atom. The Morgan fingerprint density at radius 2 is 1.71 bits per heavy atom. The van der Waals surface area contributed by atoms with E-state index in [1.807, 2.05) is 54.6 Å². The number of hydrogen-bond donors (Lipinski definition) is 1. The van der Waals surface area contributed by atoms with Crippen LogP contribution < -0.4 is 4.74 Å². The van der Waals surface area contributed by atoms with Gasteiger partial charge in [0.05, 0.1) is 26.4 Å². The smallest absolute Gasteiger partial charge is 0.410 e. The molecule has 0 saturated carbocycles. The van der Waals surface area contributed by atoms with E-state index < -0.39 is 18.1 Å². The number of likely N-dealkylation sites (tertiary alicyclic amines) is 1. The highest BCUT2D eigenvalue weighted by atomic mass is 16.6. The van der Waals surface area contributed by atoms with E-state index in [-0.39, 0.29) is 25.7 Å². The molecule has 2 aromatic carbocycles. The molecular formula is C21H23NO6. The van der Waals surface area contributed by atoms with Crippen LogP contribution in [0.4, 0.5) is 4.79 Å². The average molecular weight is 385 g/mol. The standard InChI is InChI=1S/C21H23NO6/c1-26-17-9-7-16(8-10-17)13-27-18-11-19(20(23)24)22(12-18)21(25)28-14-15-5-3-2-4-6-15/h2-10,18-19H,11-14H2,1H3,(H,23,24)/t18-,19+/m1/s1. The number of benzene rings is 2. The van der Waals surface area contributed by atoms with E-state index in [0.717, 1.165) is 16.9 Å². The van der Waals surface area contributed by atoms with Crippen LogP contribution in [0.3, 0.4) is 0 Å². The summed E-state index contributed by atoms with van der Waals surface area (Å²) in [5.74, 6) is -0.310. The second-order valence-electron chi connectivity index (χ2n) is 6.56. The maximum Gasteiger partial charge on any atom is 0.410 e. The van der Waals surface area contributed by atoms with Gasteiger partial charge in [0.1, 0.15) is 18.4 Å². The van der Waals surface area contributed by atoms with Crippen LogP contribution in [0.25, 0.3) is 0 Å². The average Bonchev–Trinajstić information content (AvgIpc) is 3.16. The zero-order valence-corrected chi connectivity index (χ0v) is 15.6. The van der Waals surface area contributed by atoms with Crippen molar-refractivity contribution in [2.24, 2.45) is 0 Å². The molecule has 1 aliphatic rings. The first-order valence-electron chi connectivity index (χ1n) is 9.01. The second-order valence-corrected chi connectivity index (χ2v) is 6.56. The molecule has 0 bridgehead atoms. The predicted molar refractivity (Wildman–Crippen MR) is 101 cm³/mol. The Hall–Kier alpha value is -3.06. The fourth-order valence-electron chi connectivity index (χ4n) is 3.09. The summed E-state index contributed by atoms with van der Waals surface area (Å²) in [5.41, 5.74) is 1.78. The molecule has 0 aromatic heterocycles. The number of carboxylic acid groups (broad SMARTS) is 1. The number of hydrogen-bond acceptors (Lipinski definition) is 5. The zero-order valence-electron chi connectivity index (χ0n) is 15.6. The highest BCUT2D eigenvalue weighted by Crippen LogP contribution is 2.23. The predicted octanol–water partition coefficient (Wildman–Crippen LogP) is 3.08. The van der Waals surface area contributed by atoms with Crippen molar-refractivity contribution < 1.29 is 28.9 Å². The van der Waals surface area contributed by atoms with Crippen molar-refractivity contribution in [2.75, 3.05) is 13.7 Å². The van der Waals surface area contributed by atoms with E-state index in [9.17, 15) is 14.7 Å². The van der Waals surface area contributed by atoms with Gasteiger partial charge in [-0.1, -0.05) is 42.5 Å². The summed E-state index contributed by atoms with van der Waals surface area (Å²) in [6.07, 6.45) is -0.786. The molecule has 7 nitrogen and oxygen atoms in total. The van der Waals surface area contributed by atoms with Gasteiger partial charge in [-0.2, -0.15) is 0 Å². The van der Waals surface area contributed by atoms with Crippen LogP contribution in [-0.2, 0) is 27.5 Å². The van der Waals surface area contributed by atoms with Gasteiger partial charge in [0.15, 0.2) is 0 Å². The molecule has 1 fully saturated rings. The number of nitrogens with zero attached hydrogens (tertiary/aromatic N) is 1. The van der Waals surface area contributed by atoms with Gasteiger partial charge in [0, 0.05) is 6.42 Å². The Labute approximate surface area is 163 Å². The lowest BCUT2D eigenvalue weighted by Gasteiger charge is -2.20. The molecule has 2 aromatic rings. The number of carbonyl (C=O) groups is 2. The summed E-state index contributed by atoms with van der Waals surface area (Å²) in [4.78, 5) is 25.2. The Morgan fingerprint density at radius 1 is 1.04 bits per heavy atom. The topological polar surface area (TPSA) is 85.3 Å². The van der Waals surface area contributed by atoms with Crippen molar-refractivity contribution in [3.05, 3.63) is 65.7 Å². The summed E-state index contributed by atoms with van der Waals surface area (Å²) in [5, 5.41) is 9.46. The summed E-state index contributed by atoms with van der Waals surface area (Å²) >= 11 is 0. The van der Waals surface area contributed by atoms with Gasteiger partial charge in [-0.3, -0.25) is 4.90 Å². The van der Waals surface area contributed by atoms with Crippen LogP contribution >= 0.6 is 0 Å². The minimum absolute atomic E-state index is 0.0971. The van der Waals surface area contributed by atoms with Crippen LogP contribution in [0.5, 0.6) is 5.75 Å². The molecule has 0 unspecified atom stereocenters. The van der Waals surface area contributed by atoms with E-state index in [1.165, 1.54) is 4.90 Å². The third kappa shape index (κ3) is 5.01. The molecule has 148 valence electrons. The molecule has 2 atom stereocenters. The van der Waals surface area contributed by atoms with Crippen molar-refractivity contribution >= 4 is 12.1 Å². The highest BCUT2D eigenvalue weighted by Gasteiger charge is 2.41. The van der Waals surface area contributed by atoms with E-state index in [0.29, 0.717) is 6.61 Å². The lowest BCUT2D eigenvalue weighted by molar-refractivity contribution is -0.141. The van der Waals surface area contributed by atoms with Gasteiger partial charge in [0.25, 0.3) is 0 Å². The largest absolute Gasteiger partial charge is 0.497 e. The summed E-state index contributed by atoms with van der Waals surface area (Å²) in [7, 11) is 1.60. The molecule has 0 aliphatic carbocycles. The van der Waals surface area contributed by atoms with Crippen molar-refractivity contribution in [3.63, 3.8) is 0 Å². The first-order chi connectivity index (χ1) is 13.6. The lowest BCUT2D eigenvalue weighted by Crippen LogP contribution is -2.40. The molecule has 7 heteroatoms. The Balaban J connectivity index is 1.55. The molecule has 0 spiro atoms. The van der Waals surface area contributed by atoms with Gasteiger partial charge in [0.2, 0.25) is 0 Å². The van der Waals surface area contributed by atoms with Crippen LogP contribution in [0.2, 0.25) is 0 Å². The third-order valence-corrected chi connectivity index (χ3v) is 4.63. The van der Waals surface area contributed by atoms with Crippen molar-refractivity contribution in [3.8, 4) is 5.75 Å². The highest BCUT2D eigenvalue weighted by molar-refractivity contribution is 5.80. The van der Waals surface area contributed by atoms with Gasteiger partial charge in [-0.15, -0.1) is 0 Å². The fourth-order valence-corrected chi connectivity index (χ4v) is 3.09. The molecule has 1 N–H and O–H groups in total. The van der Waals surface area contributed by atoms with E-state index in [1.54, 1.807) is 7.11 Å². The zero-order chi connectivity index (χ0) is 19.9. The number of carbonyl (C=O) groups excluding carboxylic acids is 1. The number of methoxy groups -OCH3 is 1. The number of rotatable bonds is 7. The van der Waals surface area contributed by atoms with Crippen molar-refractivity contribution in [1.29, 1.82) is 0 Å². The van der Waals surface area contributed by atoms with Gasteiger partial charge < -0.3 is 19.3 Å². The van der Waals surface area contributed by atoms with Crippen LogP contribution in [-0.4, -0.2) is 47.9 Å². The molecule has 1 saturated heterocycles. The van der Waals surface area contributed by atoms with Crippen LogP contribution in [0, 0.1) is 0 Å².